The highest BCUT2D eigenvalue weighted by atomic mass is 16.6. The smallest absolute Gasteiger partial charge is 0.320 e. The first-order chi connectivity index (χ1) is 8.90. The number of hydrogen-bond acceptors (Lipinski definition) is 6. The molecule has 0 aliphatic heterocycles. The Bertz CT molecular complexity index is 502. The third kappa shape index (κ3) is 3.32. The van der Waals surface area contributed by atoms with E-state index in [4.69, 9.17) is 20.3 Å². The Labute approximate surface area is 108 Å². The van der Waals surface area contributed by atoms with Gasteiger partial charge in [-0.2, -0.15) is 0 Å². The first-order valence-corrected chi connectivity index (χ1v) is 5.28. The zero-order valence-electron chi connectivity index (χ0n) is 10.5. The van der Waals surface area contributed by atoms with Gasteiger partial charge < -0.3 is 20.3 Å². The van der Waals surface area contributed by atoms with Crippen molar-refractivity contribution < 1.29 is 24.3 Å². The van der Waals surface area contributed by atoms with Crippen molar-refractivity contribution in [2.75, 3.05) is 14.2 Å². The predicted molar refractivity (Wildman–Crippen MR) is 65.5 cm³/mol. The Hall–Kier alpha value is -2.35. The van der Waals surface area contributed by atoms with Gasteiger partial charge in [-0.15, -0.1) is 0 Å². The van der Waals surface area contributed by atoms with Crippen molar-refractivity contribution in [3.63, 3.8) is 0 Å². The largest absolute Gasteiger partial charge is 0.493 e. The van der Waals surface area contributed by atoms with Crippen LogP contribution in [0.4, 0.5) is 5.69 Å². The number of nitro benzene ring substituents is 1. The Morgan fingerprint density at radius 3 is 2.37 bits per heavy atom. The summed E-state index contributed by atoms with van der Waals surface area (Å²) in [6, 6.07) is 1.32. The molecule has 0 bridgehead atoms. The Balaban J connectivity index is 3.27. The highest BCUT2D eigenvalue weighted by Crippen LogP contribution is 2.34. The number of aliphatic carboxylic acids is 1. The molecule has 1 atom stereocenters. The van der Waals surface area contributed by atoms with Crippen molar-refractivity contribution in [3.05, 3.63) is 27.8 Å². The summed E-state index contributed by atoms with van der Waals surface area (Å²) in [7, 11) is 2.73. The number of hydrogen-bond donors (Lipinski definition) is 2. The van der Waals surface area contributed by atoms with E-state index in [9.17, 15) is 14.9 Å². The summed E-state index contributed by atoms with van der Waals surface area (Å²) in [5, 5.41) is 19.7. The molecule has 0 heterocycles. The summed E-state index contributed by atoms with van der Waals surface area (Å²) in [5.74, 6) is -0.758. The summed E-state index contributed by atoms with van der Waals surface area (Å²) in [6.07, 6.45) is -0.175. The van der Waals surface area contributed by atoms with Crippen molar-refractivity contribution in [3.8, 4) is 11.5 Å². The first kappa shape index (κ1) is 14.7. The molecule has 1 rings (SSSR count). The number of nitrogens with zero attached hydrogens (tertiary/aromatic N) is 1. The number of nitro groups is 1. The van der Waals surface area contributed by atoms with Gasteiger partial charge in [-0.25, -0.2) is 0 Å². The van der Waals surface area contributed by atoms with Gasteiger partial charge >= 0.3 is 5.97 Å². The molecule has 19 heavy (non-hydrogen) atoms. The fraction of sp³-hybridized carbons (Fsp3) is 0.364. The number of methoxy groups -OCH3 is 2. The van der Waals surface area contributed by atoms with Crippen LogP contribution in [0.3, 0.4) is 0 Å². The van der Waals surface area contributed by atoms with Gasteiger partial charge in [0.25, 0.3) is 5.69 Å². The molecule has 0 aliphatic rings. The fourth-order valence-corrected chi connectivity index (χ4v) is 1.57. The highest BCUT2D eigenvalue weighted by Gasteiger charge is 2.23. The SMILES string of the molecule is COc1cc(C[C@H](N)C(=O)O)c([N+](=O)[O-])cc1OC. The van der Waals surface area contributed by atoms with Gasteiger partial charge in [-0.05, 0) is 6.07 Å². The minimum atomic E-state index is -1.23. The number of rotatable bonds is 6. The zero-order valence-corrected chi connectivity index (χ0v) is 10.5. The van der Waals surface area contributed by atoms with Gasteiger partial charge in [0, 0.05) is 12.0 Å². The highest BCUT2D eigenvalue weighted by molar-refractivity contribution is 5.74. The maximum absolute atomic E-state index is 11.0. The molecule has 1 aromatic rings. The zero-order chi connectivity index (χ0) is 14.6. The van der Waals surface area contributed by atoms with E-state index in [1.54, 1.807) is 0 Å². The van der Waals surface area contributed by atoms with E-state index < -0.39 is 16.9 Å². The van der Waals surface area contributed by atoms with Gasteiger partial charge in [0.15, 0.2) is 11.5 Å². The molecule has 0 aromatic heterocycles. The molecule has 0 saturated heterocycles. The monoisotopic (exact) mass is 270 g/mol. The van der Waals surface area contributed by atoms with Gasteiger partial charge in [0.2, 0.25) is 0 Å². The average molecular weight is 270 g/mol. The lowest BCUT2D eigenvalue weighted by Crippen LogP contribution is -2.32. The van der Waals surface area contributed by atoms with E-state index in [1.807, 2.05) is 0 Å². The standard InChI is InChI=1S/C11H14N2O6/c1-18-9-4-6(3-7(12)11(14)15)8(13(16)17)5-10(9)19-2/h4-5,7H,3,12H2,1-2H3,(H,14,15)/t7-/m0/s1. The van der Waals surface area contributed by atoms with Crippen LogP contribution in [0.15, 0.2) is 12.1 Å². The van der Waals surface area contributed by atoms with E-state index in [-0.39, 0.29) is 29.2 Å². The molecule has 0 saturated carbocycles. The lowest BCUT2D eigenvalue weighted by molar-refractivity contribution is -0.385. The first-order valence-electron chi connectivity index (χ1n) is 5.28. The van der Waals surface area contributed by atoms with Crippen LogP contribution in [0.1, 0.15) is 5.56 Å². The lowest BCUT2D eigenvalue weighted by Gasteiger charge is -2.12. The molecule has 0 radical (unpaired) electrons. The van der Waals surface area contributed by atoms with Crippen molar-refractivity contribution in [2.24, 2.45) is 5.73 Å². The summed E-state index contributed by atoms with van der Waals surface area (Å²) >= 11 is 0. The number of ether oxygens (including phenoxy) is 2. The second-order valence-electron chi connectivity index (χ2n) is 3.74. The van der Waals surface area contributed by atoms with Crippen LogP contribution in [0.2, 0.25) is 0 Å². The molecule has 0 unspecified atom stereocenters. The Morgan fingerprint density at radius 1 is 1.42 bits per heavy atom. The second kappa shape index (κ2) is 6.01. The van der Waals surface area contributed by atoms with E-state index >= 15 is 0 Å². The van der Waals surface area contributed by atoms with Crippen molar-refractivity contribution in [2.45, 2.75) is 12.5 Å². The van der Waals surface area contributed by atoms with Gasteiger partial charge in [0.05, 0.1) is 25.2 Å². The number of benzene rings is 1. The van der Waals surface area contributed by atoms with Gasteiger partial charge in [0.1, 0.15) is 6.04 Å². The van der Waals surface area contributed by atoms with Gasteiger partial charge in [-0.1, -0.05) is 0 Å². The quantitative estimate of drug-likeness (QED) is 0.571. The maximum Gasteiger partial charge on any atom is 0.320 e. The molecule has 0 spiro atoms. The number of carboxylic acid groups (broad SMARTS) is 1. The van der Waals surface area contributed by atoms with Crippen LogP contribution < -0.4 is 15.2 Å². The molecule has 0 aliphatic carbocycles. The van der Waals surface area contributed by atoms with Crippen LogP contribution in [0.25, 0.3) is 0 Å². The number of nitrogens with two attached hydrogens (primary N) is 1. The van der Waals surface area contributed by atoms with Crippen molar-refractivity contribution >= 4 is 11.7 Å². The van der Waals surface area contributed by atoms with Crippen LogP contribution in [-0.2, 0) is 11.2 Å². The molecular formula is C11H14N2O6. The third-order valence-electron chi connectivity index (χ3n) is 2.54. The Kier molecular flexibility index (Phi) is 4.65. The summed E-state index contributed by atoms with van der Waals surface area (Å²) < 4.78 is 9.98. The van der Waals surface area contributed by atoms with Crippen LogP contribution in [0, 0.1) is 10.1 Å². The number of carbonyl (C=O) groups is 1. The topological polar surface area (TPSA) is 125 Å². The van der Waals surface area contributed by atoms with E-state index in [0.717, 1.165) is 0 Å². The summed E-state index contributed by atoms with van der Waals surface area (Å²) in [4.78, 5) is 21.1. The van der Waals surface area contributed by atoms with E-state index in [1.165, 1.54) is 26.4 Å². The van der Waals surface area contributed by atoms with Crippen molar-refractivity contribution in [1.29, 1.82) is 0 Å². The lowest BCUT2D eigenvalue weighted by atomic mass is 10.0. The minimum absolute atomic E-state index is 0.175. The number of carboxylic acids is 1. The average Bonchev–Trinajstić information content (AvgIpc) is 2.37. The molecule has 8 heteroatoms. The van der Waals surface area contributed by atoms with E-state index in [0.29, 0.717) is 0 Å². The third-order valence-corrected chi connectivity index (χ3v) is 2.54. The molecule has 104 valence electrons. The maximum atomic E-state index is 11.0. The molecular weight excluding hydrogens is 256 g/mol. The molecule has 8 nitrogen and oxygen atoms in total. The molecule has 0 fully saturated rings. The minimum Gasteiger partial charge on any atom is -0.493 e. The van der Waals surface area contributed by atoms with Gasteiger partial charge in [-0.3, -0.25) is 14.9 Å². The second-order valence-corrected chi connectivity index (χ2v) is 3.74. The normalized spacial score (nSPS) is 11.7. The van der Waals surface area contributed by atoms with Crippen LogP contribution in [-0.4, -0.2) is 36.3 Å². The van der Waals surface area contributed by atoms with Crippen molar-refractivity contribution in [1.82, 2.24) is 0 Å². The summed E-state index contributed by atoms with van der Waals surface area (Å²) in [5.41, 5.74) is 5.31. The predicted octanol–water partition coefficient (Wildman–Crippen LogP) is 0.566. The fourth-order valence-electron chi connectivity index (χ4n) is 1.57. The molecule has 1 aromatic carbocycles. The van der Waals surface area contributed by atoms with Crippen LogP contribution in [0.5, 0.6) is 11.5 Å². The van der Waals surface area contributed by atoms with Crippen LogP contribution >= 0.6 is 0 Å². The molecule has 3 N–H and O–H groups in total. The summed E-state index contributed by atoms with van der Waals surface area (Å²) in [6.45, 7) is 0. The Morgan fingerprint density at radius 2 is 1.95 bits per heavy atom. The molecule has 0 amide bonds. The van der Waals surface area contributed by atoms with E-state index in [2.05, 4.69) is 0 Å².